The molecule has 0 radical (unpaired) electrons. The van der Waals surface area contributed by atoms with E-state index < -0.39 is 0 Å². The average molecular weight is 298 g/mol. The normalized spacial score (nSPS) is 10.5. The second kappa shape index (κ2) is 5.79. The molecule has 17 heavy (non-hydrogen) atoms. The third kappa shape index (κ3) is 3.54. The van der Waals surface area contributed by atoms with E-state index in [1.807, 2.05) is 24.3 Å². The SMILES string of the molecule is NCCc1nc(COc2cccc(Br)c2)no1. The summed E-state index contributed by atoms with van der Waals surface area (Å²) < 4.78 is 11.5. The summed E-state index contributed by atoms with van der Waals surface area (Å²) in [7, 11) is 0. The Kier molecular flexibility index (Phi) is 4.11. The molecule has 2 rings (SSSR count). The van der Waals surface area contributed by atoms with Crippen LogP contribution in [0, 0.1) is 0 Å². The van der Waals surface area contributed by atoms with E-state index in [2.05, 4.69) is 26.1 Å². The Morgan fingerprint density at radius 3 is 3.06 bits per heavy atom. The average Bonchev–Trinajstić information content (AvgIpc) is 2.75. The molecule has 0 atom stereocenters. The molecule has 1 aromatic carbocycles. The summed E-state index contributed by atoms with van der Waals surface area (Å²) in [5, 5.41) is 3.79. The lowest BCUT2D eigenvalue weighted by Gasteiger charge is -2.02. The van der Waals surface area contributed by atoms with Gasteiger partial charge in [0, 0.05) is 17.4 Å². The molecule has 0 aliphatic carbocycles. The second-order valence-corrected chi connectivity index (χ2v) is 4.30. The Balaban J connectivity index is 1.93. The van der Waals surface area contributed by atoms with Crippen molar-refractivity contribution < 1.29 is 9.26 Å². The number of rotatable bonds is 5. The zero-order valence-corrected chi connectivity index (χ0v) is 10.7. The van der Waals surface area contributed by atoms with Crippen LogP contribution >= 0.6 is 15.9 Å². The van der Waals surface area contributed by atoms with Crippen molar-refractivity contribution >= 4 is 15.9 Å². The summed E-state index contributed by atoms with van der Waals surface area (Å²) in [6, 6.07) is 7.57. The summed E-state index contributed by atoms with van der Waals surface area (Å²) in [6.07, 6.45) is 0.587. The maximum absolute atomic E-state index is 5.52. The largest absolute Gasteiger partial charge is 0.485 e. The molecule has 6 heteroatoms. The summed E-state index contributed by atoms with van der Waals surface area (Å²) in [5.74, 6) is 1.82. The van der Waals surface area contributed by atoms with Crippen LogP contribution in [0.25, 0.3) is 0 Å². The standard InChI is InChI=1S/C11H12BrN3O2/c12-8-2-1-3-9(6-8)16-7-10-14-11(4-5-13)17-15-10/h1-3,6H,4-5,7,13H2. The van der Waals surface area contributed by atoms with Gasteiger partial charge in [0.2, 0.25) is 11.7 Å². The van der Waals surface area contributed by atoms with Crippen LogP contribution in [0.2, 0.25) is 0 Å². The van der Waals surface area contributed by atoms with Crippen LogP contribution in [0.4, 0.5) is 0 Å². The highest BCUT2D eigenvalue weighted by Gasteiger charge is 2.06. The van der Waals surface area contributed by atoms with Crippen LogP contribution in [-0.2, 0) is 13.0 Å². The van der Waals surface area contributed by atoms with Crippen molar-refractivity contribution in [1.82, 2.24) is 10.1 Å². The minimum Gasteiger partial charge on any atom is -0.485 e. The van der Waals surface area contributed by atoms with Crippen LogP contribution in [0.1, 0.15) is 11.7 Å². The molecule has 0 amide bonds. The van der Waals surface area contributed by atoms with Crippen molar-refractivity contribution in [2.45, 2.75) is 13.0 Å². The van der Waals surface area contributed by atoms with Crippen molar-refractivity contribution in [1.29, 1.82) is 0 Å². The van der Waals surface area contributed by atoms with E-state index in [9.17, 15) is 0 Å². The van der Waals surface area contributed by atoms with E-state index in [-0.39, 0.29) is 6.61 Å². The number of nitrogens with zero attached hydrogens (tertiary/aromatic N) is 2. The van der Waals surface area contributed by atoms with Gasteiger partial charge in [-0.1, -0.05) is 27.2 Å². The molecule has 1 aromatic heterocycles. The fourth-order valence-electron chi connectivity index (χ4n) is 1.28. The molecule has 2 aromatic rings. The van der Waals surface area contributed by atoms with Crippen LogP contribution in [0.5, 0.6) is 5.75 Å². The molecule has 90 valence electrons. The lowest BCUT2D eigenvalue weighted by atomic mass is 10.3. The number of hydrogen-bond donors (Lipinski definition) is 1. The molecule has 0 fully saturated rings. The van der Waals surface area contributed by atoms with Crippen LogP contribution in [-0.4, -0.2) is 16.7 Å². The predicted molar refractivity (Wildman–Crippen MR) is 65.5 cm³/mol. The van der Waals surface area contributed by atoms with Gasteiger partial charge < -0.3 is 15.0 Å². The summed E-state index contributed by atoms with van der Waals surface area (Å²) >= 11 is 3.37. The third-order valence-electron chi connectivity index (χ3n) is 2.03. The highest BCUT2D eigenvalue weighted by atomic mass is 79.9. The monoisotopic (exact) mass is 297 g/mol. The van der Waals surface area contributed by atoms with Gasteiger partial charge in [-0.05, 0) is 18.2 Å². The smallest absolute Gasteiger partial charge is 0.228 e. The molecule has 0 spiro atoms. The highest BCUT2D eigenvalue weighted by molar-refractivity contribution is 9.10. The molecule has 1 heterocycles. The number of aromatic nitrogens is 2. The quantitative estimate of drug-likeness (QED) is 0.912. The Bertz CT molecular complexity index is 487. The van der Waals surface area contributed by atoms with Gasteiger partial charge in [-0.25, -0.2) is 0 Å². The molecule has 2 N–H and O–H groups in total. The van der Waals surface area contributed by atoms with Gasteiger partial charge in [0.05, 0.1) is 0 Å². The van der Waals surface area contributed by atoms with E-state index in [0.717, 1.165) is 10.2 Å². The van der Waals surface area contributed by atoms with E-state index in [0.29, 0.717) is 24.7 Å². The summed E-state index contributed by atoms with van der Waals surface area (Å²) in [5.41, 5.74) is 5.39. The maximum Gasteiger partial charge on any atom is 0.228 e. The Labute approximate surface area is 107 Å². The minimum atomic E-state index is 0.282. The first kappa shape index (κ1) is 12.1. The molecule has 0 aliphatic heterocycles. The Morgan fingerprint density at radius 1 is 1.41 bits per heavy atom. The van der Waals surface area contributed by atoms with Crippen molar-refractivity contribution in [2.75, 3.05) is 6.54 Å². The van der Waals surface area contributed by atoms with Crippen molar-refractivity contribution in [3.05, 3.63) is 40.5 Å². The minimum absolute atomic E-state index is 0.282. The van der Waals surface area contributed by atoms with Crippen molar-refractivity contribution in [3.63, 3.8) is 0 Å². The van der Waals surface area contributed by atoms with Gasteiger partial charge in [-0.2, -0.15) is 4.98 Å². The van der Waals surface area contributed by atoms with E-state index in [1.165, 1.54) is 0 Å². The number of benzene rings is 1. The molecule has 0 bridgehead atoms. The fourth-order valence-corrected chi connectivity index (χ4v) is 1.66. The molecule has 0 unspecified atom stereocenters. The number of nitrogens with two attached hydrogens (primary N) is 1. The molecule has 0 saturated carbocycles. The van der Waals surface area contributed by atoms with E-state index in [1.54, 1.807) is 0 Å². The number of hydrogen-bond acceptors (Lipinski definition) is 5. The second-order valence-electron chi connectivity index (χ2n) is 3.39. The number of halogens is 1. The lowest BCUT2D eigenvalue weighted by Crippen LogP contribution is -2.03. The molecule has 0 saturated heterocycles. The Morgan fingerprint density at radius 2 is 2.29 bits per heavy atom. The zero-order valence-electron chi connectivity index (χ0n) is 9.10. The van der Waals surface area contributed by atoms with Gasteiger partial charge in [-0.15, -0.1) is 0 Å². The first-order valence-corrected chi connectivity index (χ1v) is 5.97. The fraction of sp³-hybridized carbons (Fsp3) is 0.273. The lowest BCUT2D eigenvalue weighted by molar-refractivity contribution is 0.285. The topological polar surface area (TPSA) is 74.2 Å². The van der Waals surface area contributed by atoms with Crippen molar-refractivity contribution in [2.24, 2.45) is 5.73 Å². The van der Waals surface area contributed by atoms with Gasteiger partial charge in [0.25, 0.3) is 0 Å². The Hall–Kier alpha value is -1.40. The van der Waals surface area contributed by atoms with Crippen molar-refractivity contribution in [3.8, 4) is 5.75 Å². The van der Waals surface area contributed by atoms with Gasteiger partial charge in [-0.3, -0.25) is 0 Å². The van der Waals surface area contributed by atoms with Gasteiger partial charge in [0.15, 0.2) is 6.61 Å². The highest BCUT2D eigenvalue weighted by Crippen LogP contribution is 2.18. The molecular formula is C11H12BrN3O2. The van der Waals surface area contributed by atoms with Gasteiger partial charge in [0.1, 0.15) is 5.75 Å². The summed E-state index contributed by atoms with van der Waals surface area (Å²) in [4.78, 5) is 4.14. The first-order chi connectivity index (χ1) is 8.28. The van der Waals surface area contributed by atoms with Crippen LogP contribution < -0.4 is 10.5 Å². The van der Waals surface area contributed by atoms with E-state index in [4.69, 9.17) is 15.0 Å². The van der Waals surface area contributed by atoms with Crippen LogP contribution in [0.15, 0.2) is 33.3 Å². The molecular weight excluding hydrogens is 286 g/mol. The van der Waals surface area contributed by atoms with E-state index >= 15 is 0 Å². The predicted octanol–water partition coefficient (Wildman–Crippen LogP) is 1.91. The molecule has 5 nitrogen and oxygen atoms in total. The molecule has 0 aliphatic rings. The third-order valence-corrected chi connectivity index (χ3v) is 2.53. The number of ether oxygens (including phenoxy) is 1. The van der Waals surface area contributed by atoms with Crippen LogP contribution in [0.3, 0.4) is 0 Å². The summed E-state index contributed by atoms with van der Waals surface area (Å²) in [6.45, 7) is 0.776. The zero-order chi connectivity index (χ0) is 12.1. The van der Waals surface area contributed by atoms with Gasteiger partial charge >= 0.3 is 0 Å². The first-order valence-electron chi connectivity index (χ1n) is 5.18. The maximum atomic E-state index is 5.52.